The predicted molar refractivity (Wildman–Crippen MR) is 112 cm³/mol. The van der Waals surface area contributed by atoms with Crippen LogP contribution in [0.15, 0.2) is 41.2 Å². The molecule has 6 heteroatoms. The molecule has 3 aromatic rings. The van der Waals surface area contributed by atoms with Crippen LogP contribution >= 0.6 is 11.3 Å². The lowest BCUT2D eigenvalue weighted by Crippen LogP contribution is -2.46. The monoisotopic (exact) mass is 381 g/mol. The lowest BCUT2D eigenvalue weighted by atomic mass is 10.1. The zero-order valence-electron chi connectivity index (χ0n) is 15.9. The first kappa shape index (κ1) is 17.2. The zero-order chi connectivity index (χ0) is 18.2. The van der Waals surface area contributed by atoms with Crippen molar-refractivity contribution in [3.63, 3.8) is 0 Å². The molecule has 3 aromatic heterocycles. The summed E-state index contributed by atoms with van der Waals surface area (Å²) in [4.78, 5) is 12.5. The summed E-state index contributed by atoms with van der Waals surface area (Å²) in [6.45, 7) is 6.60. The fourth-order valence-corrected chi connectivity index (χ4v) is 5.07. The van der Waals surface area contributed by atoms with Crippen LogP contribution in [0.3, 0.4) is 0 Å². The van der Waals surface area contributed by atoms with Gasteiger partial charge >= 0.3 is 0 Å². The van der Waals surface area contributed by atoms with Crippen LogP contribution < -0.4 is 4.90 Å². The van der Waals surface area contributed by atoms with Crippen molar-refractivity contribution in [1.82, 2.24) is 19.2 Å². The van der Waals surface area contributed by atoms with Crippen LogP contribution in [0.5, 0.6) is 0 Å². The average Bonchev–Trinajstić information content (AvgIpc) is 3.44. The van der Waals surface area contributed by atoms with Crippen molar-refractivity contribution in [2.75, 3.05) is 44.7 Å². The maximum atomic E-state index is 5.02. The largest absolute Gasteiger partial charge is 0.358 e. The maximum Gasteiger partial charge on any atom is 0.138 e. The fourth-order valence-electron chi connectivity index (χ4n) is 4.41. The standard InChI is InChI=1S/C21H27N5S/c1-23-10-11-24(13-17-7-12-27-16-17)15-19(23)18-14-26-20(22-18)5-4-6-21(26)25-8-2-3-9-25/h4-7,12,14,16,19H,2-3,8-11,13,15H2,1H3/t19-/m1/s1. The highest BCUT2D eigenvalue weighted by atomic mass is 32.1. The Bertz CT molecular complexity index is 897. The molecular weight excluding hydrogens is 354 g/mol. The number of imidazole rings is 1. The quantitative estimate of drug-likeness (QED) is 0.691. The molecule has 2 saturated heterocycles. The molecule has 5 heterocycles. The minimum atomic E-state index is 0.351. The summed E-state index contributed by atoms with van der Waals surface area (Å²) in [6.07, 6.45) is 4.86. The molecular formula is C21H27N5S. The van der Waals surface area contributed by atoms with E-state index in [9.17, 15) is 0 Å². The number of anilines is 1. The number of piperazine rings is 1. The molecule has 2 aliphatic rings. The average molecular weight is 382 g/mol. The lowest BCUT2D eigenvalue weighted by molar-refractivity contribution is 0.0886. The Hall–Kier alpha value is -1.89. The Balaban J connectivity index is 1.42. The van der Waals surface area contributed by atoms with Crippen molar-refractivity contribution in [1.29, 1.82) is 0 Å². The highest BCUT2D eigenvalue weighted by Crippen LogP contribution is 2.28. The van der Waals surface area contributed by atoms with Crippen LogP contribution in [0.2, 0.25) is 0 Å². The van der Waals surface area contributed by atoms with Crippen LogP contribution in [0, 0.1) is 0 Å². The Labute approximate surface area is 164 Å². The van der Waals surface area contributed by atoms with Gasteiger partial charge in [-0.05, 0) is 54.4 Å². The topological polar surface area (TPSA) is 27.0 Å². The second kappa shape index (κ2) is 7.26. The molecule has 0 aliphatic carbocycles. The molecule has 0 N–H and O–H groups in total. The van der Waals surface area contributed by atoms with E-state index in [0.29, 0.717) is 6.04 Å². The van der Waals surface area contributed by atoms with Crippen molar-refractivity contribution in [2.24, 2.45) is 0 Å². The summed E-state index contributed by atoms with van der Waals surface area (Å²) < 4.78 is 2.30. The summed E-state index contributed by atoms with van der Waals surface area (Å²) >= 11 is 1.79. The number of fused-ring (bicyclic) bond motifs is 1. The van der Waals surface area contributed by atoms with Crippen LogP contribution in [-0.4, -0.2) is 59.0 Å². The number of pyridine rings is 1. The third kappa shape index (κ3) is 3.37. The minimum absolute atomic E-state index is 0.351. The molecule has 142 valence electrons. The SMILES string of the molecule is CN1CCN(Cc2ccsc2)C[C@@H]1c1cn2c(N3CCCC3)cccc2n1. The van der Waals surface area contributed by atoms with Gasteiger partial charge in [0, 0.05) is 45.5 Å². The summed E-state index contributed by atoms with van der Waals surface area (Å²) in [6, 6.07) is 9.11. The summed E-state index contributed by atoms with van der Waals surface area (Å²) in [5.41, 5.74) is 3.69. The summed E-state index contributed by atoms with van der Waals surface area (Å²) in [7, 11) is 2.23. The van der Waals surface area contributed by atoms with Gasteiger partial charge in [0.05, 0.1) is 11.7 Å². The smallest absolute Gasteiger partial charge is 0.138 e. The Morgan fingerprint density at radius 3 is 2.81 bits per heavy atom. The fraction of sp³-hybridized carbons (Fsp3) is 0.476. The van der Waals surface area contributed by atoms with E-state index < -0.39 is 0 Å². The first-order chi connectivity index (χ1) is 13.3. The van der Waals surface area contributed by atoms with Gasteiger partial charge < -0.3 is 4.90 Å². The molecule has 0 saturated carbocycles. The number of hydrogen-bond acceptors (Lipinski definition) is 5. The number of hydrogen-bond donors (Lipinski definition) is 0. The van der Waals surface area contributed by atoms with Crippen molar-refractivity contribution in [3.8, 4) is 0 Å². The molecule has 0 amide bonds. The number of thiophene rings is 1. The highest BCUT2D eigenvalue weighted by Gasteiger charge is 2.28. The van der Waals surface area contributed by atoms with Crippen molar-refractivity contribution in [2.45, 2.75) is 25.4 Å². The highest BCUT2D eigenvalue weighted by molar-refractivity contribution is 7.07. The molecule has 0 radical (unpaired) electrons. The van der Waals surface area contributed by atoms with E-state index in [1.807, 2.05) is 0 Å². The van der Waals surface area contributed by atoms with Crippen LogP contribution in [-0.2, 0) is 6.54 Å². The summed E-state index contributed by atoms with van der Waals surface area (Å²) in [5, 5.41) is 4.44. The molecule has 0 aromatic carbocycles. The van der Waals surface area contributed by atoms with Gasteiger partial charge in [-0.15, -0.1) is 0 Å². The van der Waals surface area contributed by atoms with Crippen molar-refractivity contribution in [3.05, 3.63) is 52.5 Å². The lowest BCUT2D eigenvalue weighted by Gasteiger charge is -2.38. The molecule has 0 bridgehead atoms. The van der Waals surface area contributed by atoms with Gasteiger partial charge in [0.15, 0.2) is 0 Å². The van der Waals surface area contributed by atoms with E-state index in [2.05, 4.69) is 67.4 Å². The molecule has 5 rings (SSSR count). The van der Waals surface area contributed by atoms with E-state index in [0.717, 1.165) is 44.9 Å². The van der Waals surface area contributed by atoms with E-state index in [-0.39, 0.29) is 0 Å². The van der Waals surface area contributed by atoms with Crippen LogP contribution in [0.4, 0.5) is 5.82 Å². The van der Waals surface area contributed by atoms with Crippen LogP contribution in [0.1, 0.15) is 30.1 Å². The van der Waals surface area contributed by atoms with Gasteiger partial charge in [0.1, 0.15) is 11.5 Å². The number of aromatic nitrogens is 2. The van der Waals surface area contributed by atoms with Gasteiger partial charge in [-0.25, -0.2) is 4.98 Å². The molecule has 2 fully saturated rings. The number of rotatable bonds is 4. The second-order valence-electron chi connectivity index (χ2n) is 7.84. The first-order valence-corrected chi connectivity index (χ1v) is 10.9. The van der Waals surface area contributed by atoms with Gasteiger partial charge in [0.2, 0.25) is 0 Å². The van der Waals surface area contributed by atoms with Gasteiger partial charge in [-0.1, -0.05) is 6.07 Å². The third-order valence-electron chi connectivity index (χ3n) is 5.98. The molecule has 1 atom stereocenters. The van der Waals surface area contributed by atoms with Gasteiger partial charge in [0.25, 0.3) is 0 Å². The number of nitrogens with zero attached hydrogens (tertiary/aromatic N) is 5. The minimum Gasteiger partial charge on any atom is -0.358 e. The zero-order valence-corrected chi connectivity index (χ0v) is 16.7. The van der Waals surface area contributed by atoms with E-state index >= 15 is 0 Å². The van der Waals surface area contributed by atoms with E-state index in [4.69, 9.17) is 4.98 Å². The Morgan fingerprint density at radius 2 is 2.00 bits per heavy atom. The third-order valence-corrected chi connectivity index (χ3v) is 6.71. The van der Waals surface area contributed by atoms with Crippen LogP contribution in [0.25, 0.3) is 5.65 Å². The molecule has 0 spiro atoms. The van der Waals surface area contributed by atoms with E-state index in [1.54, 1.807) is 11.3 Å². The number of likely N-dealkylation sites (N-methyl/N-ethyl adjacent to an activating group) is 1. The second-order valence-corrected chi connectivity index (χ2v) is 8.62. The first-order valence-electron chi connectivity index (χ1n) is 9.94. The normalized spacial score (nSPS) is 22.1. The van der Waals surface area contributed by atoms with Crippen molar-refractivity contribution < 1.29 is 0 Å². The molecule has 27 heavy (non-hydrogen) atoms. The van der Waals surface area contributed by atoms with Gasteiger partial charge in [-0.3, -0.25) is 14.2 Å². The predicted octanol–water partition coefficient (Wildman–Crippen LogP) is 3.48. The molecule has 2 aliphatic heterocycles. The maximum absolute atomic E-state index is 5.02. The molecule has 0 unspecified atom stereocenters. The Morgan fingerprint density at radius 1 is 1.11 bits per heavy atom. The van der Waals surface area contributed by atoms with Crippen molar-refractivity contribution >= 4 is 22.8 Å². The van der Waals surface area contributed by atoms with Gasteiger partial charge in [-0.2, -0.15) is 11.3 Å². The summed E-state index contributed by atoms with van der Waals surface area (Å²) in [5.74, 6) is 1.29. The Kier molecular flexibility index (Phi) is 4.63. The van der Waals surface area contributed by atoms with E-state index in [1.165, 1.54) is 29.9 Å². The molecule has 5 nitrogen and oxygen atoms in total.